The van der Waals surface area contributed by atoms with Gasteiger partial charge >= 0.3 is 0 Å². The molecular weight excluding hydrogens is 257 g/mol. The monoisotopic (exact) mass is 277 g/mol. The van der Waals surface area contributed by atoms with Crippen molar-refractivity contribution in [3.8, 4) is 0 Å². The largest absolute Gasteiger partial charge is 0.340 e. The first kappa shape index (κ1) is 13.5. The summed E-state index contributed by atoms with van der Waals surface area (Å²) in [5.41, 5.74) is 0.787. The minimum atomic E-state index is -0.340. The van der Waals surface area contributed by atoms with Gasteiger partial charge in [0.05, 0.1) is 6.20 Å². The average Bonchev–Trinajstić information content (AvgIpc) is 3.30. The van der Waals surface area contributed by atoms with Crippen LogP contribution in [0.2, 0.25) is 0 Å². The van der Waals surface area contributed by atoms with E-state index in [2.05, 4.69) is 9.88 Å². The third kappa shape index (κ3) is 3.33. The van der Waals surface area contributed by atoms with Crippen molar-refractivity contribution in [2.24, 2.45) is 0 Å². The Kier molecular flexibility index (Phi) is 3.96. The van der Waals surface area contributed by atoms with E-state index in [1.165, 1.54) is 25.1 Å². The van der Waals surface area contributed by atoms with Crippen LogP contribution in [0.25, 0.3) is 0 Å². The SMILES string of the molecule is O=C(CCc1cncc(F)c1)N1CCN(C2CC2)CC1. The third-order valence-corrected chi connectivity index (χ3v) is 4.12. The number of rotatable bonds is 4. The summed E-state index contributed by atoms with van der Waals surface area (Å²) in [4.78, 5) is 20.4. The molecule has 1 aromatic heterocycles. The molecule has 1 aromatic rings. The van der Waals surface area contributed by atoms with E-state index in [9.17, 15) is 9.18 Å². The van der Waals surface area contributed by atoms with Crippen molar-refractivity contribution in [1.29, 1.82) is 0 Å². The number of carbonyl (C=O) groups is 1. The predicted molar refractivity (Wildman–Crippen MR) is 73.7 cm³/mol. The van der Waals surface area contributed by atoms with Crippen molar-refractivity contribution in [2.45, 2.75) is 31.7 Å². The Hall–Kier alpha value is -1.49. The third-order valence-electron chi connectivity index (χ3n) is 4.12. The second kappa shape index (κ2) is 5.87. The van der Waals surface area contributed by atoms with Gasteiger partial charge in [-0.3, -0.25) is 14.7 Å². The number of halogens is 1. The van der Waals surface area contributed by atoms with Gasteiger partial charge in [-0.1, -0.05) is 0 Å². The Morgan fingerprint density at radius 2 is 2.00 bits per heavy atom. The molecule has 20 heavy (non-hydrogen) atoms. The van der Waals surface area contributed by atoms with Crippen molar-refractivity contribution < 1.29 is 9.18 Å². The lowest BCUT2D eigenvalue weighted by molar-refractivity contribution is -0.133. The maximum absolute atomic E-state index is 13.0. The quantitative estimate of drug-likeness (QED) is 0.836. The predicted octanol–water partition coefficient (Wildman–Crippen LogP) is 1.46. The fourth-order valence-electron chi connectivity index (χ4n) is 2.78. The molecule has 1 saturated heterocycles. The van der Waals surface area contributed by atoms with Gasteiger partial charge in [-0.05, 0) is 30.9 Å². The highest BCUT2D eigenvalue weighted by molar-refractivity contribution is 5.76. The Morgan fingerprint density at radius 3 is 2.65 bits per heavy atom. The summed E-state index contributed by atoms with van der Waals surface area (Å²) in [5, 5.41) is 0. The second-order valence-electron chi connectivity index (χ2n) is 5.66. The molecule has 0 N–H and O–H groups in total. The van der Waals surface area contributed by atoms with Crippen molar-refractivity contribution in [3.63, 3.8) is 0 Å². The van der Waals surface area contributed by atoms with Crippen LogP contribution < -0.4 is 0 Å². The van der Waals surface area contributed by atoms with E-state index >= 15 is 0 Å². The van der Waals surface area contributed by atoms with Crippen LogP contribution in [0.4, 0.5) is 4.39 Å². The zero-order chi connectivity index (χ0) is 13.9. The van der Waals surface area contributed by atoms with Gasteiger partial charge in [0.1, 0.15) is 5.82 Å². The van der Waals surface area contributed by atoms with Gasteiger partial charge in [-0.2, -0.15) is 0 Å². The molecule has 1 saturated carbocycles. The van der Waals surface area contributed by atoms with Crippen molar-refractivity contribution in [1.82, 2.24) is 14.8 Å². The number of piperazine rings is 1. The summed E-state index contributed by atoms with van der Waals surface area (Å²) in [6.45, 7) is 3.66. The van der Waals surface area contributed by atoms with Crippen molar-refractivity contribution in [2.75, 3.05) is 26.2 Å². The molecule has 2 aliphatic rings. The van der Waals surface area contributed by atoms with E-state index in [1.807, 2.05) is 4.90 Å². The molecule has 1 aliphatic carbocycles. The summed E-state index contributed by atoms with van der Waals surface area (Å²) in [6.07, 6.45) is 6.45. The molecule has 0 unspecified atom stereocenters. The highest BCUT2D eigenvalue weighted by Gasteiger charge is 2.32. The van der Waals surface area contributed by atoms with E-state index in [0.29, 0.717) is 12.8 Å². The van der Waals surface area contributed by atoms with Gasteiger partial charge < -0.3 is 4.90 Å². The summed E-state index contributed by atoms with van der Waals surface area (Å²) in [5.74, 6) is -0.169. The smallest absolute Gasteiger partial charge is 0.222 e. The first-order chi connectivity index (χ1) is 9.72. The number of aromatic nitrogens is 1. The minimum absolute atomic E-state index is 0.171. The molecule has 0 aromatic carbocycles. The van der Waals surface area contributed by atoms with Gasteiger partial charge in [0.25, 0.3) is 0 Å². The molecule has 2 heterocycles. The standard InChI is InChI=1S/C15H20FN3O/c16-13-9-12(10-17-11-13)1-4-15(20)19-7-5-18(6-8-19)14-2-3-14/h9-11,14H,1-8H2. The van der Waals surface area contributed by atoms with Gasteiger partial charge in [0.2, 0.25) is 5.91 Å². The van der Waals surface area contributed by atoms with Crippen LogP contribution in [0.5, 0.6) is 0 Å². The molecule has 3 rings (SSSR count). The number of pyridine rings is 1. The van der Waals surface area contributed by atoms with Crippen LogP contribution >= 0.6 is 0 Å². The lowest BCUT2D eigenvalue weighted by Gasteiger charge is -2.34. The molecule has 1 amide bonds. The number of nitrogens with zero attached hydrogens (tertiary/aromatic N) is 3. The fourth-order valence-corrected chi connectivity index (χ4v) is 2.78. The molecule has 1 aliphatic heterocycles. The first-order valence-corrected chi connectivity index (χ1v) is 7.33. The first-order valence-electron chi connectivity index (χ1n) is 7.33. The Morgan fingerprint density at radius 1 is 1.25 bits per heavy atom. The van der Waals surface area contributed by atoms with Crippen LogP contribution in [0.3, 0.4) is 0 Å². The molecule has 2 fully saturated rings. The lowest BCUT2D eigenvalue weighted by Crippen LogP contribution is -2.49. The lowest BCUT2D eigenvalue weighted by atomic mass is 10.1. The number of hydrogen-bond donors (Lipinski definition) is 0. The molecule has 5 heteroatoms. The molecule has 0 spiro atoms. The minimum Gasteiger partial charge on any atom is -0.340 e. The zero-order valence-electron chi connectivity index (χ0n) is 11.6. The number of hydrogen-bond acceptors (Lipinski definition) is 3. The maximum atomic E-state index is 13.0. The van der Waals surface area contributed by atoms with Crippen LogP contribution in [-0.4, -0.2) is 52.9 Å². The van der Waals surface area contributed by atoms with Crippen LogP contribution in [0.1, 0.15) is 24.8 Å². The normalized spacial score (nSPS) is 20.1. The summed E-state index contributed by atoms with van der Waals surface area (Å²) < 4.78 is 13.0. The summed E-state index contributed by atoms with van der Waals surface area (Å²) >= 11 is 0. The van der Waals surface area contributed by atoms with Crippen molar-refractivity contribution in [3.05, 3.63) is 29.8 Å². The number of carbonyl (C=O) groups excluding carboxylic acids is 1. The Balaban J connectivity index is 1.45. The van der Waals surface area contributed by atoms with E-state index in [1.54, 1.807) is 6.20 Å². The number of amides is 1. The van der Waals surface area contributed by atoms with Crippen LogP contribution in [0.15, 0.2) is 18.5 Å². The number of aryl methyl sites for hydroxylation is 1. The second-order valence-corrected chi connectivity index (χ2v) is 5.66. The summed E-state index contributed by atoms with van der Waals surface area (Å²) in [7, 11) is 0. The average molecular weight is 277 g/mol. The molecule has 4 nitrogen and oxygen atoms in total. The van der Waals surface area contributed by atoms with Gasteiger partial charge in [0.15, 0.2) is 0 Å². The molecular formula is C15H20FN3O. The molecule has 0 bridgehead atoms. The van der Waals surface area contributed by atoms with E-state index in [4.69, 9.17) is 0 Å². The maximum Gasteiger partial charge on any atom is 0.222 e. The van der Waals surface area contributed by atoms with Crippen LogP contribution in [0, 0.1) is 5.82 Å². The van der Waals surface area contributed by atoms with Gasteiger partial charge in [-0.15, -0.1) is 0 Å². The zero-order valence-corrected chi connectivity index (χ0v) is 11.6. The van der Waals surface area contributed by atoms with Gasteiger partial charge in [0, 0.05) is 44.8 Å². The van der Waals surface area contributed by atoms with E-state index in [0.717, 1.165) is 37.8 Å². The topological polar surface area (TPSA) is 36.4 Å². The Bertz CT molecular complexity index is 482. The fraction of sp³-hybridized carbons (Fsp3) is 0.600. The molecule has 108 valence electrons. The molecule has 0 radical (unpaired) electrons. The van der Waals surface area contributed by atoms with E-state index < -0.39 is 0 Å². The highest BCUT2D eigenvalue weighted by atomic mass is 19.1. The molecule has 0 atom stereocenters. The Labute approximate surface area is 118 Å². The van der Waals surface area contributed by atoms with Crippen LogP contribution in [-0.2, 0) is 11.2 Å². The van der Waals surface area contributed by atoms with Gasteiger partial charge in [-0.25, -0.2) is 4.39 Å². The van der Waals surface area contributed by atoms with E-state index in [-0.39, 0.29) is 11.7 Å². The highest BCUT2D eigenvalue weighted by Crippen LogP contribution is 2.27. The van der Waals surface area contributed by atoms with Crippen molar-refractivity contribution >= 4 is 5.91 Å². The summed E-state index contributed by atoms with van der Waals surface area (Å²) in [6, 6.07) is 2.23.